The Morgan fingerprint density at radius 1 is 1.42 bits per heavy atom. The van der Waals surface area contributed by atoms with Crippen molar-refractivity contribution < 1.29 is 18.3 Å². The molecule has 0 aliphatic carbocycles. The predicted molar refractivity (Wildman–Crippen MR) is 63.4 cm³/mol. The smallest absolute Gasteiger partial charge is 0.393 e. The van der Waals surface area contributed by atoms with Crippen molar-refractivity contribution in [3.8, 4) is 0 Å². The molecule has 3 N–H and O–H groups in total. The Balaban J connectivity index is 2.28. The van der Waals surface area contributed by atoms with E-state index < -0.39 is 18.1 Å². The number of anilines is 2. The summed E-state index contributed by atoms with van der Waals surface area (Å²) in [5, 5.41) is 9.62. The standard InChI is InChI=1S/C11H15F3N4O/c1-6-5-18(3-2-7(6)19)9-4-8(15)16-10(17-9)11(12,13)14/h4,6-7,19H,2-3,5H2,1H3,(H2,15,16,17). The maximum absolute atomic E-state index is 12.6. The Hall–Kier alpha value is -1.57. The number of nitrogens with zero attached hydrogens (tertiary/aromatic N) is 3. The predicted octanol–water partition coefficient (Wildman–Crippen LogP) is 1.28. The van der Waals surface area contributed by atoms with E-state index in [1.54, 1.807) is 4.90 Å². The van der Waals surface area contributed by atoms with Gasteiger partial charge in [0.2, 0.25) is 5.82 Å². The summed E-state index contributed by atoms with van der Waals surface area (Å²) in [5.41, 5.74) is 5.40. The molecule has 0 aromatic carbocycles. The van der Waals surface area contributed by atoms with Crippen molar-refractivity contribution in [2.45, 2.75) is 25.6 Å². The molecule has 106 valence electrons. The van der Waals surface area contributed by atoms with Crippen LogP contribution < -0.4 is 10.6 Å². The zero-order valence-corrected chi connectivity index (χ0v) is 10.4. The highest BCUT2D eigenvalue weighted by molar-refractivity contribution is 5.47. The monoisotopic (exact) mass is 276 g/mol. The largest absolute Gasteiger partial charge is 0.451 e. The van der Waals surface area contributed by atoms with Gasteiger partial charge in [-0.2, -0.15) is 13.2 Å². The van der Waals surface area contributed by atoms with E-state index in [1.807, 2.05) is 6.92 Å². The van der Waals surface area contributed by atoms with Crippen molar-refractivity contribution in [2.24, 2.45) is 5.92 Å². The fourth-order valence-corrected chi connectivity index (χ4v) is 2.08. The number of alkyl halides is 3. The maximum Gasteiger partial charge on any atom is 0.451 e. The molecule has 2 atom stereocenters. The Bertz CT molecular complexity index is 466. The van der Waals surface area contributed by atoms with Crippen LogP contribution in [0.3, 0.4) is 0 Å². The Morgan fingerprint density at radius 3 is 2.68 bits per heavy atom. The molecule has 1 aliphatic rings. The van der Waals surface area contributed by atoms with Gasteiger partial charge < -0.3 is 15.7 Å². The number of halogens is 3. The van der Waals surface area contributed by atoms with Crippen LogP contribution in [0.15, 0.2) is 6.07 Å². The molecule has 1 saturated heterocycles. The van der Waals surface area contributed by atoms with E-state index in [0.717, 1.165) is 0 Å². The summed E-state index contributed by atoms with van der Waals surface area (Å²) in [5.74, 6) is -1.32. The van der Waals surface area contributed by atoms with Crippen LogP contribution in [0.1, 0.15) is 19.2 Å². The van der Waals surface area contributed by atoms with Crippen molar-refractivity contribution in [2.75, 3.05) is 23.7 Å². The van der Waals surface area contributed by atoms with Crippen LogP contribution >= 0.6 is 0 Å². The lowest BCUT2D eigenvalue weighted by molar-refractivity contribution is -0.144. The Labute approximate surface area is 108 Å². The van der Waals surface area contributed by atoms with Crippen molar-refractivity contribution in [3.05, 3.63) is 11.9 Å². The normalized spacial score (nSPS) is 24.6. The quantitative estimate of drug-likeness (QED) is 0.808. The van der Waals surface area contributed by atoms with Gasteiger partial charge in [0.05, 0.1) is 6.10 Å². The van der Waals surface area contributed by atoms with E-state index in [9.17, 15) is 18.3 Å². The molecular formula is C11H15F3N4O. The molecule has 2 unspecified atom stereocenters. The first kappa shape index (κ1) is 13.9. The van der Waals surface area contributed by atoms with Crippen molar-refractivity contribution in [3.63, 3.8) is 0 Å². The summed E-state index contributed by atoms with van der Waals surface area (Å²) in [6.45, 7) is 2.72. The maximum atomic E-state index is 12.6. The van der Waals surface area contributed by atoms with E-state index in [1.165, 1.54) is 6.07 Å². The fourth-order valence-electron chi connectivity index (χ4n) is 2.08. The third kappa shape index (κ3) is 3.06. The van der Waals surface area contributed by atoms with Crippen LogP contribution in [-0.2, 0) is 6.18 Å². The lowest BCUT2D eigenvalue weighted by Gasteiger charge is -2.35. The summed E-state index contributed by atoms with van der Waals surface area (Å²) in [6, 6.07) is 1.32. The minimum Gasteiger partial charge on any atom is -0.393 e. The third-order valence-electron chi connectivity index (χ3n) is 3.17. The fraction of sp³-hybridized carbons (Fsp3) is 0.636. The summed E-state index contributed by atoms with van der Waals surface area (Å²) in [7, 11) is 0. The van der Waals surface area contributed by atoms with Crippen molar-refractivity contribution >= 4 is 11.6 Å². The van der Waals surface area contributed by atoms with Gasteiger partial charge in [-0.05, 0) is 12.3 Å². The lowest BCUT2D eigenvalue weighted by Crippen LogP contribution is -2.42. The molecule has 19 heavy (non-hydrogen) atoms. The van der Waals surface area contributed by atoms with Gasteiger partial charge in [-0.15, -0.1) is 0 Å². The van der Waals surface area contributed by atoms with Gasteiger partial charge in [-0.1, -0.05) is 6.92 Å². The number of aliphatic hydroxyl groups excluding tert-OH is 1. The number of aromatic nitrogens is 2. The topological polar surface area (TPSA) is 75.3 Å². The molecule has 1 aliphatic heterocycles. The summed E-state index contributed by atoms with van der Waals surface area (Å²) in [4.78, 5) is 8.40. The first-order valence-electron chi connectivity index (χ1n) is 5.92. The second kappa shape index (κ2) is 4.84. The van der Waals surface area contributed by atoms with Crippen molar-refractivity contribution in [1.82, 2.24) is 9.97 Å². The van der Waals surface area contributed by atoms with Crippen LogP contribution in [0.4, 0.5) is 24.8 Å². The molecule has 0 radical (unpaired) electrons. The third-order valence-corrected chi connectivity index (χ3v) is 3.17. The molecule has 0 spiro atoms. The van der Waals surface area contributed by atoms with Crippen LogP contribution in [0.5, 0.6) is 0 Å². The highest BCUT2D eigenvalue weighted by Crippen LogP contribution is 2.30. The molecule has 1 fully saturated rings. The number of nitrogens with two attached hydrogens (primary N) is 1. The van der Waals surface area contributed by atoms with Crippen molar-refractivity contribution in [1.29, 1.82) is 0 Å². The first-order valence-corrected chi connectivity index (χ1v) is 5.92. The SMILES string of the molecule is CC1CN(c2cc(N)nc(C(F)(F)F)n2)CCC1O. The van der Waals surface area contributed by atoms with Crippen LogP contribution in [0.25, 0.3) is 0 Å². The molecular weight excluding hydrogens is 261 g/mol. The minimum absolute atomic E-state index is 0.0284. The van der Waals surface area contributed by atoms with Gasteiger partial charge in [0, 0.05) is 19.2 Å². The average Bonchev–Trinajstić information content (AvgIpc) is 2.31. The van der Waals surface area contributed by atoms with Crippen LogP contribution in [0, 0.1) is 5.92 Å². The number of rotatable bonds is 1. The second-order valence-corrected chi connectivity index (χ2v) is 4.75. The van der Waals surface area contributed by atoms with Gasteiger partial charge in [0.15, 0.2) is 0 Å². The number of hydrogen-bond donors (Lipinski definition) is 2. The average molecular weight is 276 g/mol. The summed E-state index contributed by atoms with van der Waals surface area (Å²) in [6.07, 6.45) is -4.56. The van der Waals surface area contributed by atoms with Gasteiger partial charge in [0.1, 0.15) is 11.6 Å². The van der Waals surface area contributed by atoms with E-state index in [4.69, 9.17) is 5.73 Å². The highest BCUT2D eigenvalue weighted by Gasteiger charge is 2.36. The molecule has 1 aromatic rings. The molecule has 8 heteroatoms. The second-order valence-electron chi connectivity index (χ2n) is 4.75. The molecule has 1 aromatic heterocycles. The van der Waals surface area contributed by atoms with E-state index >= 15 is 0 Å². The zero-order chi connectivity index (χ0) is 14.2. The first-order chi connectivity index (χ1) is 8.77. The highest BCUT2D eigenvalue weighted by atomic mass is 19.4. The number of aliphatic hydroxyl groups is 1. The van der Waals surface area contributed by atoms with Gasteiger partial charge in [-0.3, -0.25) is 0 Å². The van der Waals surface area contributed by atoms with E-state index in [0.29, 0.717) is 19.5 Å². The Morgan fingerprint density at radius 2 is 2.11 bits per heavy atom. The number of nitrogen functional groups attached to an aromatic ring is 1. The number of piperidine rings is 1. The molecule has 0 bridgehead atoms. The molecule has 0 amide bonds. The molecule has 2 rings (SSSR count). The van der Waals surface area contributed by atoms with E-state index in [2.05, 4.69) is 9.97 Å². The summed E-state index contributed by atoms with van der Waals surface area (Å²) >= 11 is 0. The van der Waals surface area contributed by atoms with Crippen LogP contribution in [-0.4, -0.2) is 34.3 Å². The van der Waals surface area contributed by atoms with Crippen LogP contribution in [0.2, 0.25) is 0 Å². The van der Waals surface area contributed by atoms with Gasteiger partial charge in [0.25, 0.3) is 0 Å². The Kier molecular flexibility index (Phi) is 3.53. The number of hydrogen-bond acceptors (Lipinski definition) is 5. The molecule has 2 heterocycles. The van der Waals surface area contributed by atoms with E-state index in [-0.39, 0.29) is 17.6 Å². The molecule has 5 nitrogen and oxygen atoms in total. The lowest BCUT2D eigenvalue weighted by atomic mass is 9.97. The minimum atomic E-state index is -4.62. The van der Waals surface area contributed by atoms with Gasteiger partial charge in [-0.25, -0.2) is 9.97 Å². The van der Waals surface area contributed by atoms with Gasteiger partial charge >= 0.3 is 6.18 Å². The summed E-state index contributed by atoms with van der Waals surface area (Å²) < 4.78 is 37.8. The molecule has 0 saturated carbocycles. The zero-order valence-electron chi connectivity index (χ0n) is 10.4.